The fourth-order valence-electron chi connectivity index (χ4n) is 7.21. The molecule has 0 radical (unpaired) electrons. The second-order valence-electron chi connectivity index (χ2n) is 8.06. The zero-order chi connectivity index (χ0) is 14.1. The molecule has 0 heterocycles. The fraction of sp³-hybridized carbons (Fsp3) is 0.889. The van der Waals surface area contributed by atoms with Crippen molar-refractivity contribution in [2.45, 2.75) is 62.7 Å². The van der Waals surface area contributed by atoms with Gasteiger partial charge < -0.3 is 0 Å². The average molecular weight is 309 g/mol. The maximum Gasteiger partial charge on any atom is 0.0577 e. The SMILES string of the molecule is CC[Si](CC)(CC)C1C(Cl)C2CC1C1C3C=CC(C3)C21. The van der Waals surface area contributed by atoms with Gasteiger partial charge in [-0.2, -0.15) is 0 Å². The quantitative estimate of drug-likeness (QED) is 0.276. The van der Waals surface area contributed by atoms with Crippen molar-refractivity contribution in [1.29, 1.82) is 0 Å². The van der Waals surface area contributed by atoms with Gasteiger partial charge in [0.15, 0.2) is 0 Å². The third kappa shape index (κ3) is 1.50. The maximum atomic E-state index is 7.11. The molecule has 0 amide bonds. The first-order chi connectivity index (χ1) is 9.66. The Labute approximate surface area is 130 Å². The maximum absolute atomic E-state index is 7.11. The Kier molecular flexibility index (Phi) is 3.21. The molecule has 4 rings (SSSR count). The molecule has 4 bridgehead atoms. The number of rotatable bonds is 4. The van der Waals surface area contributed by atoms with Gasteiger partial charge in [-0.25, -0.2) is 0 Å². The first-order valence-corrected chi connectivity index (χ1v) is 12.1. The van der Waals surface area contributed by atoms with E-state index < -0.39 is 8.07 Å². The molecule has 0 aromatic rings. The Morgan fingerprint density at radius 3 is 2.00 bits per heavy atom. The predicted octanol–water partition coefficient (Wildman–Crippen LogP) is 5.56. The van der Waals surface area contributed by atoms with Gasteiger partial charge in [-0.15, -0.1) is 11.6 Å². The van der Waals surface area contributed by atoms with Crippen molar-refractivity contribution in [2.24, 2.45) is 35.5 Å². The van der Waals surface area contributed by atoms with Crippen molar-refractivity contribution < 1.29 is 0 Å². The summed E-state index contributed by atoms with van der Waals surface area (Å²) < 4.78 is 0. The van der Waals surface area contributed by atoms with Crippen LogP contribution in [0.1, 0.15) is 33.6 Å². The highest BCUT2D eigenvalue weighted by Crippen LogP contribution is 2.71. The summed E-state index contributed by atoms with van der Waals surface area (Å²) in [6.07, 6.45) is 8.06. The number of hydrogen-bond donors (Lipinski definition) is 0. The summed E-state index contributed by atoms with van der Waals surface area (Å²) in [4.78, 5) is 0. The van der Waals surface area contributed by atoms with Crippen LogP contribution in [0.4, 0.5) is 0 Å². The normalized spacial score (nSPS) is 52.0. The van der Waals surface area contributed by atoms with Crippen molar-refractivity contribution >= 4 is 19.7 Å². The monoisotopic (exact) mass is 308 g/mol. The van der Waals surface area contributed by atoms with Crippen molar-refractivity contribution in [3.63, 3.8) is 0 Å². The molecule has 0 nitrogen and oxygen atoms in total. The Morgan fingerprint density at radius 2 is 1.45 bits per heavy atom. The van der Waals surface area contributed by atoms with Gasteiger partial charge in [0.2, 0.25) is 0 Å². The highest BCUT2D eigenvalue weighted by molar-refractivity contribution is 6.82. The zero-order valence-corrected chi connectivity index (χ0v) is 14.9. The number of allylic oxidation sites excluding steroid dienone is 2. The summed E-state index contributed by atoms with van der Waals surface area (Å²) >= 11 is 7.11. The van der Waals surface area contributed by atoms with Crippen molar-refractivity contribution in [3.8, 4) is 0 Å². The highest BCUT2D eigenvalue weighted by Gasteiger charge is 2.67. The smallest absolute Gasteiger partial charge is 0.0577 e. The molecule has 2 heteroatoms. The molecule has 0 aliphatic heterocycles. The topological polar surface area (TPSA) is 0 Å². The van der Waals surface area contributed by atoms with Crippen LogP contribution >= 0.6 is 11.6 Å². The Balaban J connectivity index is 1.69. The minimum Gasteiger partial charge on any atom is -0.123 e. The lowest BCUT2D eigenvalue weighted by Crippen LogP contribution is -2.48. The van der Waals surface area contributed by atoms with E-state index in [1.165, 1.54) is 31.0 Å². The van der Waals surface area contributed by atoms with Gasteiger partial charge >= 0.3 is 0 Å². The predicted molar refractivity (Wildman–Crippen MR) is 89.9 cm³/mol. The Bertz CT molecular complexity index is 419. The summed E-state index contributed by atoms with van der Waals surface area (Å²) in [5.74, 6) is 5.72. The van der Waals surface area contributed by atoms with E-state index in [0.717, 1.165) is 41.0 Å². The van der Waals surface area contributed by atoms with Gasteiger partial charge in [0.25, 0.3) is 0 Å². The average Bonchev–Trinajstić information content (AvgIpc) is 3.20. The lowest BCUT2D eigenvalue weighted by molar-refractivity contribution is 0.206. The molecule has 3 fully saturated rings. The molecule has 8 atom stereocenters. The molecule has 20 heavy (non-hydrogen) atoms. The first-order valence-electron chi connectivity index (χ1n) is 8.99. The van der Waals surface area contributed by atoms with Gasteiger partial charge in [0.1, 0.15) is 0 Å². The molecule has 0 aromatic carbocycles. The third-order valence-corrected chi connectivity index (χ3v) is 15.4. The number of alkyl halides is 1. The van der Waals surface area contributed by atoms with Crippen molar-refractivity contribution in [3.05, 3.63) is 12.2 Å². The summed E-state index contributed by atoms with van der Waals surface area (Å²) in [6.45, 7) is 7.40. The molecule has 0 aromatic heterocycles. The minimum atomic E-state index is -1.14. The number of hydrogen-bond acceptors (Lipinski definition) is 0. The molecule has 0 N–H and O–H groups in total. The van der Waals surface area contributed by atoms with Crippen LogP contribution in [0, 0.1) is 35.5 Å². The van der Waals surface area contributed by atoms with Crippen LogP contribution in [-0.2, 0) is 0 Å². The molecule has 4 aliphatic carbocycles. The van der Waals surface area contributed by atoms with E-state index in [0.29, 0.717) is 5.38 Å². The molecule has 4 aliphatic rings. The van der Waals surface area contributed by atoms with E-state index in [1.54, 1.807) is 0 Å². The molecule has 3 saturated carbocycles. The third-order valence-electron chi connectivity index (χ3n) is 8.15. The van der Waals surface area contributed by atoms with E-state index in [1.807, 2.05) is 0 Å². The summed E-state index contributed by atoms with van der Waals surface area (Å²) in [5.41, 5.74) is 0.933. The Hall–Kier alpha value is 0.247. The van der Waals surface area contributed by atoms with Crippen molar-refractivity contribution in [1.82, 2.24) is 0 Å². The minimum absolute atomic E-state index is 0.528. The van der Waals surface area contributed by atoms with E-state index in [4.69, 9.17) is 11.6 Å². The molecular formula is C18H29ClSi. The molecular weight excluding hydrogens is 280 g/mol. The van der Waals surface area contributed by atoms with E-state index in [-0.39, 0.29) is 0 Å². The zero-order valence-electron chi connectivity index (χ0n) is 13.2. The highest BCUT2D eigenvalue weighted by atomic mass is 35.5. The van der Waals surface area contributed by atoms with Crippen LogP contribution in [-0.4, -0.2) is 13.5 Å². The van der Waals surface area contributed by atoms with E-state index >= 15 is 0 Å². The van der Waals surface area contributed by atoms with E-state index in [9.17, 15) is 0 Å². The standard InChI is InChI=1S/C18H29ClSi/c1-4-20(5-2,6-3)18-14-10-13(17(18)19)15-11-7-8-12(9-11)16(14)15/h7-8,11-18H,4-6,9-10H2,1-3H3. The summed E-state index contributed by atoms with van der Waals surface area (Å²) in [6, 6.07) is 4.37. The van der Waals surface area contributed by atoms with Gasteiger partial charge in [-0.3, -0.25) is 0 Å². The lowest BCUT2D eigenvalue weighted by Gasteiger charge is -2.47. The fourth-order valence-corrected chi connectivity index (χ4v) is 13.6. The first kappa shape index (κ1) is 13.9. The Morgan fingerprint density at radius 1 is 0.900 bits per heavy atom. The number of fused-ring (bicyclic) bond motifs is 9. The second kappa shape index (κ2) is 4.62. The van der Waals surface area contributed by atoms with Gasteiger partial charge in [-0.05, 0) is 53.9 Å². The second-order valence-corrected chi connectivity index (χ2v) is 14.1. The summed E-state index contributed by atoms with van der Waals surface area (Å²) in [5, 5.41) is 0.528. The number of halogens is 1. The van der Waals surface area contributed by atoms with Gasteiger partial charge in [0.05, 0.1) is 8.07 Å². The van der Waals surface area contributed by atoms with Crippen LogP contribution in [0.5, 0.6) is 0 Å². The molecule has 0 spiro atoms. The molecule has 112 valence electrons. The summed E-state index contributed by atoms with van der Waals surface area (Å²) in [7, 11) is -1.14. The van der Waals surface area contributed by atoms with Crippen LogP contribution < -0.4 is 0 Å². The molecule has 8 unspecified atom stereocenters. The largest absolute Gasteiger partial charge is 0.123 e. The molecule has 0 saturated heterocycles. The van der Waals surface area contributed by atoms with Crippen LogP contribution in [0.3, 0.4) is 0 Å². The van der Waals surface area contributed by atoms with Crippen LogP contribution in [0.25, 0.3) is 0 Å². The van der Waals surface area contributed by atoms with Crippen LogP contribution in [0.2, 0.25) is 23.7 Å². The van der Waals surface area contributed by atoms with Crippen LogP contribution in [0.15, 0.2) is 12.2 Å². The van der Waals surface area contributed by atoms with E-state index in [2.05, 4.69) is 32.9 Å². The van der Waals surface area contributed by atoms with Gasteiger partial charge in [-0.1, -0.05) is 51.1 Å². The lowest BCUT2D eigenvalue weighted by atomic mass is 9.73. The van der Waals surface area contributed by atoms with Gasteiger partial charge in [0, 0.05) is 5.38 Å². The van der Waals surface area contributed by atoms with Crippen molar-refractivity contribution in [2.75, 3.05) is 0 Å².